The Morgan fingerprint density at radius 3 is 2.17 bits per heavy atom. The number of ketones is 1. The zero-order valence-corrected chi connectivity index (χ0v) is 37.2. The minimum absolute atomic E-state index is 0.0227. The Kier molecular flexibility index (Phi) is 11.9. The van der Waals surface area contributed by atoms with E-state index in [1.54, 1.807) is 25.1 Å². The molecule has 1 aromatic carbocycles. The molecule has 0 aromatic heterocycles. The molecule has 0 spiro atoms. The quantitative estimate of drug-likeness (QED) is 0.205. The van der Waals surface area contributed by atoms with E-state index in [9.17, 15) is 44.1 Å². The Hall–Kier alpha value is -5.11. The third kappa shape index (κ3) is 7.43. The van der Waals surface area contributed by atoms with Crippen molar-refractivity contribution < 1.29 is 86.8 Å². The van der Waals surface area contributed by atoms with E-state index in [0.29, 0.717) is 0 Å². The monoisotopic (exact) mass is 887 g/mol. The molecule has 11 atom stereocenters. The predicted molar refractivity (Wildman–Crippen MR) is 213 cm³/mol. The van der Waals surface area contributed by atoms with Crippen molar-refractivity contribution in [1.29, 1.82) is 0 Å². The molecule has 2 bridgehead atoms. The highest BCUT2D eigenvalue weighted by Crippen LogP contribution is 2.66. The number of aliphatic hydroxyl groups excluding tert-OH is 2. The van der Waals surface area contributed by atoms with Crippen LogP contribution in [0.25, 0.3) is 0 Å². The van der Waals surface area contributed by atoms with E-state index in [0.717, 1.165) is 14.0 Å². The van der Waals surface area contributed by atoms with E-state index in [1.807, 2.05) is 0 Å². The highest BCUT2D eigenvalue weighted by Gasteiger charge is 2.79. The van der Waals surface area contributed by atoms with Gasteiger partial charge in [-0.2, -0.15) is 0 Å². The van der Waals surface area contributed by atoms with Crippen molar-refractivity contribution >= 4 is 41.9 Å². The number of alkyl carbamates (subject to hydrolysis) is 1. The largest absolute Gasteiger partial charge is 0.508 e. The van der Waals surface area contributed by atoms with Gasteiger partial charge in [-0.15, -0.1) is 0 Å². The smallest absolute Gasteiger partial charge is 0.456 e. The van der Waals surface area contributed by atoms with Crippen LogP contribution in [-0.4, -0.2) is 130 Å². The third-order valence-corrected chi connectivity index (χ3v) is 14.2. The van der Waals surface area contributed by atoms with Gasteiger partial charge in [-0.25, -0.2) is 19.2 Å². The van der Waals surface area contributed by atoms with Gasteiger partial charge >= 0.3 is 36.1 Å². The number of hydrogen-bond acceptors (Lipinski definition) is 18. The molecule has 5 aliphatic rings. The number of carbonyl (C=O) groups excluding carboxylic acids is 7. The molecule has 4 fully saturated rings. The van der Waals surface area contributed by atoms with Crippen molar-refractivity contribution in [3.05, 3.63) is 47.2 Å². The topological polar surface area (TPSA) is 266 Å². The van der Waals surface area contributed by atoms with E-state index in [2.05, 4.69) is 5.32 Å². The van der Waals surface area contributed by atoms with Crippen LogP contribution in [0.5, 0.6) is 0 Å². The van der Waals surface area contributed by atoms with Crippen LogP contribution < -0.4 is 5.32 Å². The number of Topliss-reactive ketones (excluding diaryl/α,β-unsaturated/α-hetero) is 1. The van der Waals surface area contributed by atoms with E-state index in [1.165, 1.54) is 67.5 Å². The molecule has 3 aliphatic carbocycles. The van der Waals surface area contributed by atoms with Gasteiger partial charge in [0.2, 0.25) is 11.9 Å². The maximum Gasteiger partial charge on any atom is 0.508 e. The van der Waals surface area contributed by atoms with Gasteiger partial charge < -0.3 is 58.5 Å². The van der Waals surface area contributed by atoms with Crippen molar-refractivity contribution in [2.24, 2.45) is 28.1 Å². The summed E-state index contributed by atoms with van der Waals surface area (Å²) in [4.78, 5) is 97.0. The summed E-state index contributed by atoms with van der Waals surface area (Å²) in [5, 5.41) is 38.1. The highest BCUT2D eigenvalue weighted by molar-refractivity contribution is 6.02. The lowest BCUT2D eigenvalue weighted by molar-refractivity contribution is -0.345. The molecule has 63 heavy (non-hydrogen) atoms. The number of fused-ring (bicyclic) bond motifs is 5. The number of hydrogen-bond donors (Lipinski definition) is 4. The van der Waals surface area contributed by atoms with E-state index in [-0.39, 0.29) is 17.6 Å². The van der Waals surface area contributed by atoms with Crippen LogP contribution in [0.4, 0.5) is 9.59 Å². The number of carbonyl (C=O) groups is 7. The Morgan fingerprint density at radius 1 is 0.984 bits per heavy atom. The normalized spacial score (nSPS) is 36.4. The number of cyclic esters (lactones) is 1. The molecule has 19 heteroatoms. The van der Waals surface area contributed by atoms with Crippen molar-refractivity contribution in [1.82, 2.24) is 5.32 Å². The van der Waals surface area contributed by atoms with Crippen molar-refractivity contribution in [3.63, 3.8) is 0 Å². The SMILES string of the molecule is COC(=O)O[C@@]12CO[C@@H]1CC(O)[C@@]1(C)C(=O)C(OC(C)=O)=C3C(C)[C@](C)(OC(=O)C4OC(=O)C(C)(C)[C@@H]4NC(=O)OC(C)(C)CO)C[C@@](O)([C@@H](OC(=O)c4ccccc4)C12)C3(C)C. The highest BCUT2D eigenvalue weighted by atomic mass is 16.8. The average molecular weight is 888 g/mol. The second-order valence-corrected chi connectivity index (χ2v) is 19.3. The lowest BCUT2D eigenvalue weighted by Crippen LogP contribution is -2.81. The molecule has 0 radical (unpaired) electrons. The fraction of sp³-hybridized carbons (Fsp3) is 0.659. The lowest BCUT2D eigenvalue weighted by Gasteiger charge is -2.67. The van der Waals surface area contributed by atoms with Crippen molar-refractivity contribution in [3.8, 4) is 0 Å². The Morgan fingerprint density at radius 2 is 1.62 bits per heavy atom. The minimum atomic E-state index is -2.50. The van der Waals surface area contributed by atoms with Crippen LogP contribution in [0, 0.1) is 28.1 Å². The maximum atomic E-state index is 15.6. The zero-order chi connectivity index (χ0) is 47.0. The molecule has 2 heterocycles. The maximum absolute atomic E-state index is 15.6. The molecule has 2 aliphatic heterocycles. The third-order valence-electron chi connectivity index (χ3n) is 14.2. The first kappa shape index (κ1) is 47.4. The van der Waals surface area contributed by atoms with Gasteiger partial charge in [-0.05, 0) is 59.2 Å². The van der Waals surface area contributed by atoms with E-state index < -0.39 is 148 Å². The molecule has 19 nitrogen and oxygen atoms in total. The molecule has 4 unspecified atom stereocenters. The molecule has 1 aromatic rings. The molecule has 1 amide bonds. The summed E-state index contributed by atoms with van der Waals surface area (Å²) >= 11 is 0. The summed E-state index contributed by atoms with van der Waals surface area (Å²) in [5.74, 6) is -8.46. The molecule has 2 saturated heterocycles. The van der Waals surface area contributed by atoms with Gasteiger partial charge in [0.15, 0.2) is 11.4 Å². The first-order valence-electron chi connectivity index (χ1n) is 20.6. The second-order valence-electron chi connectivity index (χ2n) is 19.3. The van der Waals surface area contributed by atoms with Gasteiger partial charge in [0.05, 0.1) is 54.8 Å². The molecular formula is C44H57NO18. The van der Waals surface area contributed by atoms with E-state index in [4.69, 9.17) is 37.9 Å². The number of allylic oxidation sites excluding steroid dienone is 1. The summed E-state index contributed by atoms with van der Waals surface area (Å²) in [6, 6.07) is 6.29. The first-order valence-corrected chi connectivity index (χ1v) is 20.6. The van der Waals surface area contributed by atoms with Crippen LogP contribution in [-0.2, 0) is 57.1 Å². The fourth-order valence-electron chi connectivity index (χ4n) is 10.2. The second kappa shape index (κ2) is 15.8. The molecule has 346 valence electrons. The number of aliphatic hydroxyl groups is 3. The van der Waals surface area contributed by atoms with Crippen LogP contribution in [0.1, 0.15) is 92.4 Å². The number of rotatable bonds is 9. The number of esters is 4. The Balaban J connectivity index is 1.57. The van der Waals surface area contributed by atoms with Gasteiger partial charge in [-0.3, -0.25) is 14.4 Å². The number of methoxy groups -OCH3 is 1. The standard InChI is InChI=1S/C44H57NO18/c1-21-26-27(58-22(2)47)31(49)42(10)24(48)17-25-43(20-57-25,63-37(54)56-11)29(42)32(60-33(50)23-15-13-12-14-16-23)44(55,40(26,7)8)18-41(21,9)61-34(51)28-30(39(5,6)35(52)59-28)45-36(53)62-38(3,4)19-46/h12-16,21,24-25,28-30,32,46,48,55H,17-20H2,1-11H3,(H,45,53)/t21?,24?,25-,28?,29?,30-,32+,41-,42-,43+,44-/m1/s1. The van der Waals surface area contributed by atoms with Gasteiger partial charge in [-0.1, -0.05) is 39.0 Å². The van der Waals surface area contributed by atoms with Crippen LogP contribution >= 0.6 is 0 Å². The van der Waals surface area contributed by atoms with Crippen molar-refractivity contribution in [2.75, 3.05) is 20.3 Å². The molecular weight excluding hydrogens is 830 g/mol. The summed E-state index contributed by atoms with van der Waals surface area (Å²) in [5.41, 5.74) is -13.3. The number of benzene rings is 1. The van der Waals surface area contributed by atoms with Gasteiger partial charge in [0.25, 0.3) is 0 Å². The Labute approximate surface area is 364 Å². The minimum Gasteiger partial charge on any atom is -0.456 e. The molecule has 6 rings (SSSR count). The number of amides is 1. The predicted octanol–water partition coefficient (Wildman–Crippen LogP) is 2.84. The average Bonchev–Trinajstić information content (AvgIpc) is 3.42. The van der Waals surface area contributed by atoms with Crippen molar-refractivity contribution in [2.45, 2.75) is 135 Å². The van der Waals surface area contributed by atoms with Gasteiger partial charge in [0.1, 0.15) is 29.0 Å². The Bertz CT molecular complexity index is 2110. The fourth-order valence-corrected chi connectivity index (χ4v) is 10.2. The van der Waals surface area contributed by atoms with E-state index >= 15 is 4.79 Å². The summed E-state index contributed by atoms with van der Waals surface area (Å²) < 4.78 is 46.1. The zero-order valence-electron chi connectivity index (χ0n) is 37.2. The summed E-state index contributed by atoms with van der Waals surface area (Å²) in [6.07, 6.45) is -9.73. The lowest BCUT2D eigenvalue weighted by atomic mass is 9.43. The van der Waals surface area contributed by atoms with Gasteiger partial charge in [0, 0.05) is 31.1 Å². The summed E-state index contributed by atoms with van der Waals surface area (Å²) in [6.45, 7) is 13.1. The first-order chi connectivity index (χ1) is 29.1. The summed E-state index contributed by atoms with van der Waals surface area (Å²) in [7, 11) is 1.05. The molecule has 2 saturated carbocycles. The number of ether oxygens (including phenoxy) is 8. The molecule has 4 N–H and O–H groups in total. The number of nitrogens with one attached hydrogen (secondary N) is 1. The van der Waals surface area contributed by atoms with Crippen LogP contribution in [0.2, 0.25) is 0 Å². The van der Waals surface area contributed by atoms with Crippen LogP contribution in [0.3, 0.4) is 0 Å². The van der Waals surface area contributed by atoms with Crippen LogP contribution in [0.15, 0.2) is 41.7 Å².